The lowest BCUT2D eigenvalue weighted by Crippen LogP contribution is -2.57. The van der Waals surface area contributed by atoms with E-state index in [0.717, 1.165) is 44.3 Å². The van der Waals surface area contributed by atoms with Gasteiger partial charge in [-0.3, -0.25) is 14.8 Å². The Morgan fingerprint density at radius 1 is 1.12 bits per heavy atom. The quantitative estimate of drug-likeness (QED) is 0.165. The van der Waals surface area contributed by atoms with Crippen LogP contribution in [-0.4, -0.2) is 100 Å². The van der Waals surface area contributed by atoms with E-state index in [1.807, 2.05) is 25.7 Å². The van der Waals surface area contributed by atoms with Crippen LogP contribution >= 0.6 is 0 Å². The zero-order valence-electron chi connectivity index (χ0n) is 29.9. The zero-order valence-corrected chi connectivity index (χ0v) is 29.9. The van der Waals surface area contributed by atoms with Gasteiger partial charge in [0.1, 0.15) is 35.1 Å². The zero-order chi connectivity index (χ0) is 36.5. The molecule has 2 bridgehead atoms. The molecule has 12 heteroatoms. The lowest BCUT2D eigenvalue weighted by atomic mass is 9.93. The average molecular weight is 709 g/mol. The summed E-state index contributed by atoms with van der Waals surface area (Å²) in [4.78, 5) is 33.7. The molecule has 4 aliphatic rings. The molecule has 4 atom stereocenters. The molecule has 0 unspecified atom stereocenters. The molecule has 6 heterocycles. The van der Waals surface area contributed by atoms with Gasteiger partial charge in [-0.05, 0) is 57.9 Å². The minimum Gasteiger partial charge on any atom is -0.461 e. The molecule has 8 rings (SSSR count). The third-order valence-electron chi connectivity index (χ3n) is 10.9. The molecule has 0 saturated carbocycles. The number of ether oxygens (including phenoxy) is 3. The van der Waals surface area contributed by atoms with E-state index < -0.39 is 17.2 Å². The van der Waals surface area contributed by atoms with Crippen molar-refractivity contribution < 1.29 is 27.8 Å². The molecular weight excluding hydrogens is 666 g/mol. The SMILES string of the molecule is C#Cc1c(F)ccc2cccc(-c3ncc4c(N5C[C@H]6CC[C@@H](C5)N6C(=O)OC(C)(C)C)nc(OC[C@@]56CC(=C)CN5C[C@H](OC)C6)nc4c3F)c12. The van der Waals surface area contributed by atoms with Crippen LogP contribution in [0.25, 0.3) is 32.9 Å². The van der Waals surface area contributed by atoms with Gasteiger partial charge in [-0.1, -0.05) is 42.3 Å². The second-order valence-electron chi connectivity index (χ2n) is 15.5. The summed E-state index contributed by atoms with van der Waals surface area (Å²) in [6.45, 7) is 12.5. The van der Waals surface area contributed by atoms with E-state index in [0.29, 0.717) is 40.6 Å². The molecule has 2 aromatic heterocycles. The standard InChI is InChI=1S/C40H42F2N6O4/c1-7-28-31(41)14-11-24-9-8-10-29(32(24)28)34-33(42)35-30(17-43-34)36(46-19-25-12-13-26(20-46)48(25)38(49)52-39(3,4)5)45-37(44-35)51-22-40-15-23(2)18-47(40)21-27(16-40)50-6/h1,8-11,14,17,25-27H,2,12-13,15-16,18-22H2,3-6H3/t25-,26+,27-,40+/m1/s1. The number of pyridine rings is 1. The highest BCUT2D eigenvalue weighted by atomic mass is 19.1. The van der Waals surface area contributed by atoms with Crippen molar-refractivity contribution in [1.82, 2.24) is 24.8 Å². The molecule has 270 valence electrons. The van der Waals surface area contributed by atoms with Crippen molar-refractivity contribution in [2.45, 2.75) is 75.8 Å². The Bertz CT molecular complexity index is 2150. The van der Waals surface area contributed by atoms with E-state index in [-0.39, 0.29) is 59.2 Å². The maximum Gasteiger partial charge on any atom is 0.410 e. The Morgan fingerprint density at radius 2 is 1.88 bits per heavy atom. The molecule has 0 spiro atoms. The summed E-state index contributed by atoms with van der Waals surface area (Å²) in [6, 6.07) is 7.96. The number of terminal acetylenes is 1. The number of hydrogen-bond donors (Lipinski definition) is 0. The number of methoxy groups -OCH3 is 1. The Kier molecular flexibility index (Phi) is 8.34. The number of hydrogen-bond acceptors (Lipinski definition) is 9. The predicted octanol–water partition coefficient (Wildman–Crippen LogP) is 6.49. The van der Waals surface area contributed by atoms with E-state index in [4.69, 9.17) is 25.6 Å². The Balaban J connectivity index is 1.22. The van der Waals surface area contributed by atoms with Crippen LogP contribution in [-0.2, 0) is 9.47 Å². The van der Waals surface area contributed by atoms with E-state index in [1.54, 1.807) is 37.6 Å². The molecule has 4 fully saturated rings. The molecule has 4 aliphatic heterocycles. The second kappa shape index (κ2) is 12.7. The van der Waals surface area contributed by atoms with E-state index >= 15 is 4.39 Å². The summed E-state index contributed by atoms with van der Waals surface area (Å²) in [6.07, 6.45) is 10.2. The van der Waals surface area contributed by atoms with Gasteiger partial charge in [0.15, 0.2) is 5.82 Å². The van der Waals surface area contributed by atoms with Gasteiger partial charge in [-0.25, -0.2) is 13.6 Å². The van der Waals surface area contributed by atoms with Crippen LogP contribution in [0.4, 0.5) is 19.4 Å². The lowest BCUT2D eigenvalue weighted by Gasteiger charge is -2.42. The number of anilines is 1. The minimum atomic E-state index is -0.699. The van der Waals surface area contributed by atoms with Gasteiger partial charge in [0.2, 0.25) is 0 Å². The summed E-state index contributed by atoms with van der Waals surface area (Å²) < 4.78 is 49.9. The maximum absolute atomic E-state index is 17.1. The molecule has 2 aromatic carbocycles. The highest BCUT2D eigenvalue weighted by Crippen LogP contribution is 2.43. The first-order valence-corrected chi connectivity index (χ1v) is 17.8. The van der Waals surface area contributed by atoms with Gasteiger partial charge >= 0.3 is 12.1 Å². The van der Waals surface area contributed by atoms with Gasteiger partial charge < -0.3 is 19.1 Å². The average Bonchev–Trinajstić information content (AvgIpc) is 3.70. The second-order valence-corrected chi connectivity index (χ2v) is 15.5. The number of halogens is 2. The third kappa shape index (κ3) is 5.80. The van der Waals surface area contributed by atoms with Gasteiger partial charge in [0.05, 0.1) is 34.7 Å². The summed E-state index contributed by atoms with van der Waals surface area (Å²) >= 11 is 0. The first-order valence-electron chi connectivity index (χ1n) is 17.8. The molecule has 0 aliphatic carbocycles. The lowest BCUT2D eigenvalue weighted by molar-refractivity contribution is 0.0122. The topological polar surface area (TPSA) is 93.2 Å². The number of piperazine rings is 1. The molecule has 0 radical (unpaired) electrons. The number of carbonyl (C=O) groups excluding carboxylic acids is 1. The maximum atomic E-state index is 17.1. The van der Waals surface area contributed by atoms with Crippen molar-refractivity contribution in [3.63, 3.8) is 0 Å². The number of nitrogens with zero attached hydrogens (tertiary/aromatic N) is 6. The smallest absolute Gasteiger partial charge is 0.410 e. The van der Waals surface area contributed by atoms with Crippen LogP contribution in [0.5, 0.6) is 6.01 Å². The Hall–Kier alpha value is -4.86. The molecule has 4 aromatic rings. The number of fused-ring (bicyclic) bond motifs is 5. The molecule has 10 nitrogen and oxygen atoms in total. The van der Waals surface area contributed by atoms with Gasteiger partial charge in [-0.2, -0.15) is 9.97 Å². The van der Waals surface area contributed by atoms with Crippen LogP contribution < -0.4 is 9.64 Å². The molecular formula is C40H42F2N6O4. The van der Waals surface area contributed by atoms with E-state index in [1.165, 1.54) is 6.07 Å². The number of carbonyl (C=O) groups is 1. The van der Waals surface area contributed by atoms with Gasteiger partial charge in [-0.15, -0.1) is 6.42 Å². The monoisotopic (exact) mass is 708 g/mol. The van der Waals surface area contributed by atoms with E-state index in [9.17, 15) is 9.18 Å². The summed E-state index contributed by atoms with van der Waals surface area (Å²) in [5.74, 6) is 1.64. The Morgan fingerprint density at radius 3 is 2.60 bits per heavy atom. The van der Waals surface area contributed by atoms with Crippen LogP contribution in [0.2, 0.25) is 0 Å². The summed E-state index contributed by atoms with van der Waals surface area (Å²) in [5.41, 5.74) is 0.560. The van der Waals surface area contributed by atoms with Gasteiger partial charge in [0, 0.05) is 50.4 Å². The molecule has 4 saturated heterocycles. The molecule has 1 amide bonds. The van der Waals surface area contributed by atoms with Crippen LogP contribution in [0, 0.1) is 24.0 Å². The van der Waals surface area contributed by atoms with Crippen molar-refractivity contribution in [1.29, 1.82) is 0 Å². The van der Waals surface area contributed by atoms with Crippen molar-refractivity contribution in [2.24, 2.45) is 0 Å². The largest absolute Gasteiger partial charge is 0.461 e. The van der Waals surface area contributed by atoms with Gasteiger partial charge in [0.25, 0.3) is 0 Å². The number of aromatic nitrogens is 3. The van der Waals surface area contributed by atoms with Crippen molar-refractivity contribution in [2.75, 3.05) is 44.8 Å². The molecule has 0 N–H and O–H groups in total. The van der Waals surface area contributed by atoms with Crippen molar-refractivity contribution >= 4 is 33.6 Å². The summed E-state index contributed by atoms with van der Waals surface area (Å²) in [7, 11) is 1.72. The Labute approximate surface area is 301 Å². The van der Waals surface area contributed by atoms with Crippen LogP contribution in [0.15, 0.2) is 48.7 Å². The number of rotatable bonds is 6. The minimum absolute atomic E-state index is 0.0128. The van der Waals surface area contributed by atoms with E-state index in [2.05, 4.69) is 32.3 Å². The highest BCUT2D eigenvalue weighted by molar-refractivity contribution is 6.02. The van der Waals surface area contributed by atoms with Crippen molar-refractivity contribution in [3.05, 3.63) is 65.9 Å². The highest BCUT2D eigenvalue weighted by Gasteiger charge is 2.51. The van der Waals surface area contributed by atoms with Crippen LogP contribution in [0.1, 0.15) is 52.0 Å². The first-order chi connectivity index (χ1) is 24.9. The van der Waals surface area contributed by atoms with Crippen LogP contribution in [0.3, 0.4) is 0 Å². The fourth-order valence-electron chi connectivity index (χ4n) is 8.72. The van der Waals surface area contributed by atoms with Crippen molar-refractivity contribution in [3.8, 4) is 29.6 Å². The third-order valence-corrected chi connectivity index (χ3v) is 10.9. The summed E-state index contributed by atoms with van der Waals surface area (Å²) in [5, 5.41) is 1.45. The predicted molar refractivity (Wildman–Crippen MR) is 194 cm³/mol. The first kappa shape index (κ1) is 34.2. The molecule has 52 heavy (non-hydrogen) atoms. The fourth-order valence-corrected chi connectivity index (χ4v) is 8.72. The fraction of sp³-hybridized carbons (Fsp3) is 0.450. The number of benzene rings is 2. The normalized spacial score (nSPS) is 24.5. The number of amides is 1.